The number of hydrogen-bond acceptors (Lipinski definition) is 5. The Morgan fingerprint density at radius 2 is 2.07 bits per heavy atom. The predicted octanol–water partition coefficient (Wildman–Crippen LogP) is 4.03. The summed E-state index contributed by atoms with van der Waals surface area (Å²) in [5, 5.41) is 0. The van der Waals surface area contributed by atoms with Crippen LogP contribution in [0.1, 0.15) is 57.2 Å². The number of methoxy groups -OCH3 is 2. The number of nitrogens with zero attached hydrogens (tertiary/aromatic N) is 1. The molecule has 6 nitrogen and oxygen atoms in total. The molecule has 0 radical (unpaired) electrons. The fourth-order valence-electron chi connectivity index (χ4n) is 3.62. The van der Waals surface area contributed by atoms with Crippen molar-refractivity contribution in [2.75, 3.05) is 27.4 Å². The van der Waals surface area contributed by atoms with Gasteiger partial charge in [-0.2, -0.15) is 0 Å². The lowest BCUT2D eigenvalue weighted by Gasteiger charge is -2.34. The molecule has 1 aromatic heterocycles. The van der Waals surface area contributed by atoms with E-state index in [-0.39, 0.29) is 30.0 Å². The zero-order chi connectivity index (χ0) is 27.0. The quantitative estimate of drug-likeness (QED) is 0.474. The summed E-state index contributed by atoms with van der Waals surface area (Å²) >= 11 is 0. The van der Waals surface area contributed by atoms with Crippen molar-refractivity contribution in [3.63, 3.8) is 0 Å². The lowest BCUT2D eigenvalue weighted by atomic mass is 9.86. The Balaban J connectivity index is 2.30. The van der Waals surface area contributed by atoms with Gasteiger partial charge in [0.1, 0.15) is 0 Å². The first-order valence-electron chi connectivity index (χ1n) is 12.5. The number of pyridine rings is 1. The van der Waals surface area contributed by atoms with E-state index in [4.69, 9.17) is 22.4 Å². The summed E-state index contributed by atoms with van der Waals surface area (Å²) in [6.45, 7) is -4.10. The zero-order valence-corrected chi connectivity index (χ0v) is 17.1. The first-order chi connectivity index (χ1) is 16.7. The van der Waals surface area contributed by atoms with Gasteiger partial charge in [0.15, 0.2) is 23.1 Å². The average Bonchev–Trinajstić information content (AvgIpc) is 2.76. The standard InChI is InChI=1S/C23H28FNO5/c1-13(2)18-9-15-10-20(30-8-6-7-28-4)19(29-5)11-16(15)22-21(24)23(27)17(14(3)26)12-25(18)22/h10-13,18H,6-9H2,1-5H3/t18-/m0/s1/i1D3,2D3. The molecule has 0 amide bonds. The van der Waals surface area contributed by atoms with Crippen molar-refractivity contribution in [3.05, 3.63) is 45.5 Å². The van der Waals surface area contributed by atoms with Gasteiger partial charge < -0.3 is 18.8 Å². The van der Waals surface area contributed by atoms with Crippen molar-refractivity contribution in [1.29, 1.82) is 0 Å². The van der Waals surface area contributed by atoms with Crippen LogP contribution in [0.4, 0.5) is 4.39 Å². The number of ether oxygens (including phenoxy) is 3. The SMILES string of the molecule is [2H]C([2H])([2H])C([C@@H]1Cc2cc(OCCCOC)c(OC)cc2-c2c(F)c(=O)c(C(C)=O)cn21)C([2H])([2H])[2H]. The van der Waals surface area contributed by atoms with Gasteiger partial charge in [-0.15, -0.1) is 0 Å². The average molecular weight is 424 g/mol. The third-order valence-corrected chi connectivity index (χ3v) is 5.12. The van der Waals surface area contributed by atoms with Crippen LogP contribution >= 0.6 is 0 Å². The number of carbonyl (C=O) groups excluding carboxylic acids is 1. The molecule has 0 aliphatic carbocycles. The van der Waals surface area contributed by atoms with Crippen LogP contribution in [0.25, 0.3) is 11.3 Å². The minimum absolute atomic E-state index is 0.123. The highest BCUT2D eigenvalue weighted by Crippen LogP contribution is 2.43. The third kappa shape index (κ3) is 3.99. The molecular formula is C23H28FNO5. The number of rotatable bonds is 8. The fourth-order valence-corrected chi connectivity index (χ4v) is 3.62. The summed E-state index contributed by atoms with van der Waals surface area (Å²) in [6, 6.07) is 1.69. The van der Waals surface area contributed by atoms with Gasteiger partial charge in [-0.25, -0.2) is 4.39 Å². The van der Waals surface area contributed by atoms with Gasteiger partial charge in [-0.05, 0) is 37.0 Å². The van der Waals surface area contributed by atoms with Crippen molar-refractivity contribution in [2.45, 2.75) is 39.5 Å². The predicted molar refractivity (Wildman–Crippen MR) is 112 cm³/mol. The molecular weight excluding hydrogens is 389 g/mol. The Bertz CT molecular complexity index is 1190. The van der Waals surface area contributed by atoms with Gasteiger partial charge in [0.05, 0.1) is 25.0 Å². The van der Waals surface area contributed by atoms with Crippen molar-refractivity contribution >= 4 is 5.78 Å². The second-order valence-corrected chi connectivity index (χ2v) is 7.10. The number of Topliss-reactive ketones (excluding diaryl/α,β-unsaturated/α-hetero) is 1. The van der Waals surface area contributed by atoms with Crippen LogP contribution in [0.3, 0.4) is 0 Å². The minimum atomic E-state index is -2.95. The Hall–Kier alpha value is -2.67. The molecule has 1 aliphatic heterocycles. The summed E-state index contributed by atoms with van der Waals surface area (Å²) in [5.74, 6) is -3.38. The first kappa shape index (κ1) is 15.2. The zero-order valence-electron chi connectivity index (χ0n) is 23.1. The summed E-state index contributed by atoms with van der Waals surface area (Å²) in [7, 11) is 2.94. The van der Waals surface area contributed by atoms with E-state index in [0.29, 0.717) is 24.3 Å². The van der Waals surface area contributed by atoms with Crippen LogP contribution in [-0.4, -0.2) is 37.8 Å². The molecule has 7 heteroatoms. The molecule has 0 unspecified atom stereocenters. The summed E-state index contributed by atoms with van der Waals surface area (Å²) in [6.07, 6.45) is 1.50. The normalized spacial score (nSPS) is 18.8. The molecule has 3 rings (SSSR count). The summed E-state index contributed by atoms with van der Waals surface area (Å²) in [4.78, 5) is 24.8. The van der Waals surface area contributed by atoms with Crippen LogP contribution < -0.4 is 14.9 Å². The molecule has 30 heavy (non-hydrogen) atoms. The molecule has 1 aromatic carbocycles. The Kier molecular flexibility index (Phi) is 4.55. The molecule has 2 heterocycles. The number of aromatic nitrogens is 1. The molecule has 0 spiro atoms. The van der Waals surface area contributed by atoms with E-state index >= 15 is 4.39 Å². The molecule has 0 bridgehead atoms. The van der Waals surface area contributed by atoms with Crippen LogP contribution in [-0.2, 0) is 11.2 Å². The first-order valence-corrected chi connectivity index (χ1v) is 9.51. The maximum Gasteiger partial charge on any atom is 0.228 e. The molecule has 162 valence electrons. The van der Waals surface area contributed by atoms with E-state index in [1.807, 2.05) is 0 Å². The van der Waals surface area contributed by atoms with E-state index in [9.17, 15) is 9.59 Å². The van der Waals surface area contributed by atoms with Gasteiger partial charge in [0.2, 0.25) is 5.43 Å². The monoisotopic (exact) mass is 423 g/mol. The van der Waals surface area contributed by atoms with E-state index in [2.05, 4.69) is 0 Å². The number of hydrogen-bond donors (Lipinski definition) is 0. The van der Waals surface area contributed by atoms with Crippen molar-refractivity contribution in [1.82, 2.24) is 4.57 Å². The maximum atomic E-state index is 15.6. The molecule has 1 atom stereocenters. The van der Waals surface area contributed by atoms with Gasteiger partial charge in [0, 0.05) is 46.2 Å². The number of benzene rings is 1. The van der Waals surface area contributed by atoms with Crippen molar-refractivity contribution < 1.29 is 31.6 Å². The lowest BCUT2D eigenvalue weighted by molar-refractivity contribution is 0.101. The van der Waals surface area contributed by atoms with Crippen LogP contribution in [0.15, 0.2) is 23.1 Å². The van der Waals surface area contributed by atoms with Gasteiger partial charge in [0.25, 0.3) is 0 Å². The highest BCUT2D eigenvalue weighted by atomic mass is 19.1. The molecule has 2 aromatic rings. The molecule has 0 fully saturated rings. The fraction of sp³-hybridized carbons (Fsp3) is 0.478. The van der Waals surface area contributed by atoms with E-state index in [1.165, 1.54) is 19.2 Å². The highest BCUT2D eigenvalue weighted by Gasteiger charge is 2.32. The minimum Gasteiger partial charge on any atom is -0.493 e. The Morgan fingerprint density at radius 3 is 2.70 bits per heavy atom. The van der Waals surface area contributed by atoms with Gasteiger partial charge in [-0.1, -0.05) is 13.7 Å². The number of ketones is 1. The van der Waals surface area contributed by atoms with Gasteiger partial charge in [-0.3, -0.25) is 9.59 Å². The van der Waals surface area contributed by atoms with Crippen LogP contribution in [0.5, 0.6) is 11.5 Å². The Labute approximate surface area is 184 Å². The smallest absolute Gasteiger partial charge is 0.228 e. The van der Waals surface area contributed by atoms with Crippen LogP contribution in [0.2, 0.25) is 0 Å². The topological polar surface area (TPSA) is 66.8 Å². The second-order valence-electron chi connectivity index (χ2n) is 7.10. The maximum absolute atomic E-state index is 15.6. The number of carbonyl (C=O) groups is 1. The molecule has 1 aliphatic rings. The molecule has 0 N–H and O–H groups in total. The van der Waals surface area contributed by atoms with E-state index < -0.39 is 48.3 Å². The van der Waals surface area contributed by atoms with Crippen LogP contribution in [0, 0.1) is 11.7 Å². The molecule has 0 saturated carbocycles. The van der Waals surface area contributed by atoms with Crippen molar-refractivity contribution in [3.8, 4) is 22.8 Å². The number of halogens is 1. The van der Waals surface area contributed by atoms with E-state index in [0.717, 1.165) is 17.7 Å². The van der Waals surface area contributed by atoms with Crippen molar-refractivity contribution in [2.24, 2.45) is 5.92 Å². The molecule has 0 saturated heterocycles. The lowest BCUT2D eigenvalue weighted by Crippen LogP contribution is -2.30. The van der Waals surface area contributed by atoms with Gasteiger partial charge >= 0.3 is 0 Å². The third-order valence-electron chi connectivity index (χ3n) is 5.12. The highest BCUT2D eigenvalue weighted by molar-refractivity contribution is 5.94. The second kappa shape index (κ2) is 9.00. The number of fused-ring (bicyclic) bond motifs is 3. The summed E-state index contributed by atoms with van der Waals surface area (Å²) in [5.41, 5.74) is -1.36. The largest absolute Gasteiger partial charge is 0.493 e. The van der Waals surface area contributed by atoms with E-state index in [1.54, 1.807) is 7.11 Å². The Morgan fingerprint density at radius 1 is 1.30 bits per heavy atom. The summed E-state index contributed by atoms with van der Waals surface area (Å²) < 4.78 is 80.6.